The highest BCUT2D eigenvalue weighted by Crippen LogP contribution is 2.52. The number of benzene rings is 2. The van der Waals surface area contributed by atoms with Crippen molar-refractivity contribution in [2.75, 3.05) is 5.32 Å². The number of nitrogens with one attached hydrogen (secondary N) is 1. The van der Waals surface area contributed by atoms with Gasteiger partial charge < -0.3 is 5.32 Å². The molecule has 1 aliphatic heterocycles. The van der Waals surface area contributed by atoms with Gasteiger partial charge in [-0.15, -0.1) is 0 Å². The molecule has 22 heavy (non-hydrogen) atoms. The first-order chi connectivity index (χ1) is 10.6. The summed E-state index contributed by atoms with van der Waals surface area (Å²) in [4.78, 5) is 0. The van der Waals surface area contributed by atoms with E-state index in [0.29, 0.717) is 21.9 Å². The Labute approximate surface area is 144 Å². The molecule has 2 aromatic carbocycles. The Bertz CT molecular complexity index is 752. The summed E-state index contributed by atoms with van der Waals surface area (Å²) in [6.45, 7) is 0. The molecule has 1 N–H and O–H groups in total. The van der Waals surface area contributed by atoms with Crippen LogP contribution in [-0.4, -0.2) is 0 Å². The van der Waals surface area contributed by atoms with Crippen LogP contribution >= 0.6 is 34.8 Å². The van der Waals surface area contributed by atoms with Gasteiger partial charge in [-0.1, -0.05) is 65.2 Å². The second-order valence-corrected chi connectivity index (χ2v) is 7.07. The summed E-state index contributed by atoms with van der Waals surface area (Å²) in [6, 6.07) is 12.2. The van der Waals surface area contributed by atoms with E-state index in [-0.39, 0.29) is 6.04 Å². The van der Waals surface area contributed by atoms with Gasteiger partial charge in [-0.05, 0) is 41.7 Å². The maximum Gasteiger partial charge on any atom is 0.0826 e. The van der Waals surface area contributed by atoms with Gasteiger partial charge in [0.15, 0.2) is 0 Å². The van der Waals surface area contributed by atoms with Gasteiger partial charge in [0.05, 0.1) is 21.8 Å². The predicted molar refractivity (Wildman–Crippen MR) is 94.3 cm³/mol. The van der Waals surface area contributed by atoms with E-state index in [9.17, 15) is 0 Å². The Kier molecular flexibility index (Phi) is 3.60. The summed E-state index contributed by atoms with van der Waals surface area (Å²) >= 11 is 18.7. The summed E-state index contributed by atoms with van der Waals surface area (Å²) < 4.78 is 0. The Balaban J connectivity index is 1.82. The molecule has 0 fully saturated rings. The van der Waals surface area contributed by atoms with Crippen LogP contribution in [0.1, 0.15) is 29.5 Å². The first-order valence-corrected chi connectivity index (χ1v) is 8.45. The monoisotopic (exact) mass is 349 g/mol. The third-order valence-corrected chi connectivity index (χ3v) is 5.71. The van der Waals surface area contributed by atoms with Gasteiger partial charge in [0.2, 0.25) is 0 Å². The molecule has 4 heteroatoms. The molecule has 3 atom stereocenters. The maximum absolute atomic E-state index is 6.44. The topological polar surface area (TPSA) is 12.0 Å². The minimum atomic E-state index is 0.209. The number of anilines is 1. The van der Waals surface area contributed by atoms with E-state index in [0.717, 1.165) is 17.1 Å². The number of hydrogen-bond acceptors (Lipinski definition) is 1. The molecular weight excluding hydrogens is 337 g/mol. The number of hydrogen-bond donors (Lipinski definition) is 1. The molecule has 0 aromatic heterocycles. The third kappa shape index (κ3) is 2.23. The number of fused-ring (bicyclic) bond motifs is 3. The lowest BCUT2D eigenvalue weighted by atomic mass is 9.77. The van der Waals surface area contributed by atoms with E-state index in [1.807, 2.05) is 18.2 Å². The van der Waals surface area contributed by atoms with Crippen LogP contribution in [0.15, 0.2) is 48.6 Å². The van der Waals surface area contributed by atoms with Crippen LogP contribution in [0.5, 0.6) is 0 Å². The largest absolute Gasteiger partial charge is 0.376 e. The van der Waals surface area contributed by atoms with E-state index in [1.54, 1.807) is 0 Å². The number of allylic oxidation sites excluding steroid dienone is 2. The molecule has 2 aliphatic rings. The van der Waals surface area contributed by atoms with Gasteiger partial charge in [0.1, 0.15) is 0 Å². The molecule has 0 bridgehead atoms. The molecule has 112 valence electrons. The highest BCUT2D eigenvalue weighted by Gasteiger charge is 2.38. The molecule has 1 heterocycles. The van der Waals surface area contributed by atoms with Gasteiger partial charge >= 0.3 is 0 Å². The highest BCUT2D eigenvalue weighted by atomic mass is 35.5. The SMILES string of the molecule is Clc1ccc(C2Nc3c(ccc(Cl)c3Cl)C3C=CCC32)cc1. The van der Waals surface area contributed by atoms with E-state index in [4.69, 9.17) is 34.8 Å². The van der Waals surface area contributed by atoms with Gasteiger partial charge in [-0.25, -0.2) is 0 Å². The summed E-state index contributed by atoms with van der Waals surface area (Å²) in [5.41, 5.74) is 3.42. The van der Waals surface area contributed by atoms with Crippen molar-refractivity contribution >= 4 is 40.5 Å². The van der Waals surface area contributed by atoms with Gasteiger partial charge in [0.25, 0.3) is 0 Å². The summed E-state index contributed by atoms with van der Waals surface area (Å²) in [5.74, 6) is 0.873. The quantitative estimate of drug-likeness (QED) is 0.581. The van der Waals surface area contributed by atoms with Gasteiger partial charge in [-0.2, -0.15) is 0 Å². The van der Waals surface area contributed by atoms with Crippen LogP contribution in [0.2, 0.25) is 15.1 Å². The molecular formula is C18H14Cl3N. The summed E-state index contributed by atoms with van der Waals surface area (Å²) in [7, 11) is 0. The van der Waals surface area contributed by atoms with Crippen LogP contribution < -0.4 is 5.32 Å². The fraction of sp³-hybridized carbons (Fsp3) is 0.222. The standard InChI is InChI=1S/C18H14Cl3N/c19-11-6-4-10(5-7-11)17-13-3-1-2-12(13)14-8-9-15(20)16(21)18(14)22-17/h1-2,4-9,12-13,17,22H,3H2. The Morgan fingerprint density at radius 1 is 0.955 bits per heavy atom. The summed E-state index contributed by atoms with van der Waals surface area (Å²) in [6.07, 6.45) is 5.61. The highest BCUT2D eigenvalue weighted by molar-refractivity contribution is 6.43. The van der Waals surface area contributed by atoms with Crippen molar-refractivity contribution in [3.63, 3.8) is 0 Å². The van der Waals surface area contributed by atoms with Crippen LogP contribution in [0.3, 0.4) is 0 Å². The van der Waals surface area contributed by atoms with Crippen LogP contribution in [-0.2, 0) is 0 Å². The second-order valence-electron chi connectivity index (χ2n) is 5.85. The molecule has 0 spiro atoms. The number of halogens is 3. The zero-order valence-corrected chi connectivity index (χ0v) is 14.0. The lowest BCUT2D eigenvalue weighted by Gasteiger charge is -2.38. The smallest absolute Gasteiger partial charge is 0.0826 e. The van der Waals surface area contributed by atoms with Crippen molar-refractivity contribution in [2.24, 2.45) is 5.92 Å². The third-order valence-electron chi connectivity index (χ3n) is 4.66. The van der Waals surface area contributed by atoms with Crippen molar-refractivity contribution in [3.8, 4) is 0 Å². The molecule has 1 aliphatic carbocycles. The summed E-state index contributed by atoms with van der Waals surface area (Å²) in [5, 5.41) is 5.56. The number of rotatable bonds is 1. The minimum absolute atomic E-state index is 0.209. The second kappa shape index (κ2) is 5.49. The molecule has 0 saturated heterocycles. The van der Waals surface area contributed by atoms with Crippen molar-refractivity contribution in [1.82, 2.24) is 0 Å². The van der Waals surface area contributed by atoms with Crippen molar-refractivity contribution in [1.29, 1.82) is 0 Å². The van der Waals surface area contributed by atoms with Gasteiger partial charge in [0, 0.05) is 10.9 Å². The average molecular weight is 351 g/mol. The van der Waals surface area contributed by atoms with Crippen LogP contribution in [0.4, 0.5) is 5.69 Å². The molecule has 1 nitrogen and oxygen atoms in total. The fourth-order valence-corrected chi connectivity index (χ4v) is 4.11. The van der Waals surface area contributed by atoms with Crippen molar-refractivity contribution < 1.29 is 0 Å². The van der Waals surface area contributed by atoms with Crippen LogP contribution in [0, 0.1) is 5.92 Å². The Hall–Kier alpha value is -1.15. The molecule has 0 amide bonds. The Morgan fingerprint density at radius 2 is 1.73 bits per heavy atom. The molecule has 4 rings (SSSR count). The molecule has 2 aromatic rings. The molecule has 0 saturated carbocycles. The minimum Gasteiger partial charge on any atom is -0.376 e. The normalized spacial score (nSPS) is 25.5. The van der Waals surface area contributed by atoms with E-state index >= 15 is 0 Å². The fourth-order valence-electron chi connectivity index (χ4n) is 3.60. The van der Waals surface area contributed by atoms with E-state index < -0.39 is 0 Å². The first-order valence-electron chi connectivity index (χ1n) is 7.31. The lowest BCUT2D eigenvalue weighted by Crippen LogP contribution is -2.29. The van der Waals surface area contributed by atoms with Crippen molar-refractivity contribution in [3.05, 3.63) is 74.7 Å². The zero-order valence-electron chi connectivity index (χ0n) is 11.7. The predicted octanol–water partition coefficient (Wildman–Crippen LogP) is 6.47. The molecule has 0 radical (unpaired) electrons. The van der Waals surface area contributed by atoms with E-state index in [2.05, 4.69) is 35.7 Å². The molecule has 3 unspecified atom stereocenters. The zero-order chi connectivity index (χ0) is 15.3. The Morgan fingerprint density at radius 3 is 2.50 bits per heavy atom. The van der Waals surface area contributed by atoms with Crippen LogP contribution in [0.25, 0.3) is 0 Å². The lowest BCUT2D eigenvalue weighted by molar-refractivity contribution is 0.425. The average Bonchev–Trinajstić information content (AvgIpc) is 3.01. The van der Waals surface area contributed by atoms with E-state index in [1.165, 1.54) is 11.1 Å². The van der Waals surface area contributed by atoms with Crippen molar-refractivity contribution in [2.45, 2.75) is 18.4 Å². The first kappa shape index (κ1) is 14.4. The van der Waals surface area contributed by atoms with Gasteiger partial charge in [-0.3, -0.25) is 0 Å². The maximum atomic E-state index is 6.44.